The van der Waals surface area contributed by atoms with Crippen molar-refractivity contribution in [3.8, 4) is 0 Å². The topological polar surface area (TPSA) is 63.0 Å². The van der Waals surface area contributed by atoms with Gasteiger partial charge in [-0.3, -0.25) is 0 Å². The Labute approximate surface area is 69.4 Å². The first-order valence-electron chi connectivity index (χ1n) is 2.51. The predicted octanol–water partition coefficient (Wildman–Crippen LogP) is -0.942. The Balaban J connectivity index is 0. The summed E-state index contributed by atoms with van der Waals surface area (Å²) >= 11 is 3.36. The van der Waals surface area contributed by atoms with Gasteiger partial charge in [0.15, 0.2) is 0 Å². The molecule has 0 heterocycles. The fourth-order valence-corrected chi connectivity index (χ4v) is 1.12. The molecule has 0 bridgehead atoms. The molecule has 0 radical (unpaired) electrons. The van der Waals surface area contributed by atoms with Crippen LogP contribution in [0.25, 0.3) is 0 Å². The molecule has 4 heteroatoms. The molecule has 0 aromatic heterocycles. The van der Waals surface area contributed by atoms with E-state index in [1.165, 1.54) is 5.46 Å². The molecule has 0 aliphatic heterocycles. The van der Waals surface area contributed by atoms with Crippen LogP contribution in [0.1, 0.15) is 0 Å². The van der Waals surface area contributed by atoms with E-state index >= 15 is 0 Å². The molecule has 0 saturated carbocycles. The lowest BCUT2D eigenvalue weighted by Gasteiger charge is -1.89. The van der Waals surface area contributed by atoms with Gasteiger partial charge in [0.25, 0.3) is 0 Å². The Morgan fingerprint density at radius 3 is 2.10 bits per heavy atom. The van der Waals surface area contributed by atoms with Gasteiger partial charge in [-0.2, -0.15) is 0 Å². The normalized spacial score (nSPS) is 7.30. The van der Waals surface area contributed by atoms with Gasteiger partial charge >= 0.3 is 0 Å². The standard InChI is InChI=1S/C6H6BBr.2H2O/c7-5-2-1-3-6(8)4-5;;/h1-4H,7H2;2*1H2. The van der Waals surface area contributed by atoms with Crippen molar-refractivity contribution in [2.24, 2.45) is 0 Å². The maximum absolute atomic E-state index is 3.36. The van der Waals surface area contributed by atoms with Crippen LogP contribution in [0.5, 0.6) is 0 Å². The van der Waals surface area contributed by atoms with Crippen molar-refractivity contribution in [3.63, 3.8) is 0 Å². The van der Waals surface area contributed by atoms with E-state index in [0.29, 0.717) is 0 Å². The van der Waals surface area contributed by atoms with Gasteiger partial charge in [0, 0.05) is 4.47 Å². The SMILES string of the molecule is Bc1cccc(Br)c1.O.O. The van der Waals surface area contributed by atoms with Crippen molar-refractivity contribution in [1.29, 1.82) is 0 Å². The predicted molar refractivity (Wildman–Crippen MR) is 49.5 cm³/mol. The molecule has 0 amide bonds. The first kappa shape index (κ1) is 12.4. The molecule has 0 spiro atoms. The molecule has 0 aliphatic rings. The van der Waals surface area contributed by atoms with Crippen LogP contribution in [-0.4, -0.2) is 18.8 Å². The van der Waals surface area contributed by atoms with Gasteiger partial charge in [-0.05, 0) is 6.07 Å². The van der Waals surface area contributed by atoms with E-state index in [4.69, 9.17) is 0 Å². The number of halogens is 1. The first-order chi connectivity index (χ1) is 3.79. The maximum atomic E-state index is 3.36. The number of benzene rings is 1. The third kappa shape index (κ3) is 3.66. The molecule has 56 valence electrons. The van der Waals surface area contributed by atoms with Crippen LogP contribution in [0.15, 0.2) is 28.7 Å². The van der Waals surface area contributed by atoms with Gasteiger partial charge in [-0.1, -0.05) is 39.6 Å². The Morgan fingerprint density at radius 2 is 1.80 bits per heavy atom. The minimum absolute atomic E-state index is 0. The highest BCUT2D eigenvalue weighted by Gasteiger charge is 1.82. The molecular formula is C6H10BBrO2. The van der Waals surface area contributed by atoms with Gasteiger partial charge in [0.1, 0.15) is 7.85 Å². The molecule has 0 aliphatic carbocycles. The molecule has 10 heavy (non-hydrogen) atoms. The second-order valence-electron chi connectivity index (χ2n) is 1.80. The van der Waals surface area contributed by atoms with E-state index in [1.807, 2.05) is 12.1 Å². The van der Waals surface area contributed by atoms with Crippen LogP contribution in [0.2, 0.25) is 0 Å². The summed E-state index contributed by atoms with van der Waals surface area (Å²) in [7, 11) is 2.07. The summed E-state index contributed by atoms with van der Waals surface area (Å²) in [6.07, 6.45) is 0. The molecule has 1 aromatic carbocycles. The van der Waals surface area contributed by atoms with Crippen molar-refractivity contribution in [2.75, 3.05) is 0 Å². The average Bonchev–Trinajstić information content (AvgIpc) is 1.64. The molecule has 2 nitrogen and oxygen atoms in total. The van der Waals surface area contributed by atoms with Crippen LogP contribution < -0.4 is 5.46 Å². The fourth-order valence-electron chi connectivity index (χ4n) is 0.606. The molecule has 4 N–H and O–H groups in total. The Hall–Kier alpha value is -0.315. The van der Waals surface area contributed by atoms with Gasteiger partial charge < -0.3 is 11.0 Å². The zero-order valence-corrected chi connectivity index (χ0v) is 7.27. The molecular weight excluding hydrogens is 195 g/mol. The van der Waals surface area contributed by atoms with Crippen molar-refractivity contribution >= 4 is 29.2 Å². The lowest BCUT2D eigenvalue weighted by molar-refractivity contribution is 0.823. The molecule has 0 unspecified atom stereocenters. The van der Waals surface area contributed by atoms with E-state index in [1.54, 1.807) is 0 Å². The van der Waals surface area contributed by atoms with Crippen LogP contribution in [0, 0.1) is 0 Å². The lowest BCUT2D eigenvalue weighted by Crippen LogP contribution is -1.98. The lowest BCUT2D eigenvalue weighted by atomic mass is 9.97. The zero-order chi connectivity index (χ0) is 5.98. The highest BCUT2D eigenvalue weighted by molar-refractivity contribution is 9.10. The quantitative estimate of drug-likeness (QED) is 0.490. The van der Waals surface area contributed by atoms with E-state index in [9.17, 15) is 0 Å². The molecule has 0 saturated heterocycles. The summed E-state index contributed by atoms with van der Waals surface area (Å²) in [6.45, 7) is 0. The van der Waals surface area contributed by atoms with Crippen LogP contribution >= 0.6 is 15.9 Å². The minimum Gasteiger partial charge on any atom is -0.412 e. The summed E-state index contributed by atoms with van der Waals surface area (Å²) < 4.78 is 1.15. The number of rotatable bonds is 0. The first-order valence-corrected chi connectivity index (χ1v) is 3.30. The number of hydrogen-bond donors (Lipinski definition) is 0. The Morgan fingerprint density at radius 1 is 1.20 bits per heavy atom. The summed E-state index contributed by atoms with van der Waals surface area (Å²) in [6, 6.07) is 8.21. The molecule has 0 atom stereocenters. The largest absolute Gasteiger partial charge is 0.412 e. The highest BCUT2D eigenvalue weighted by atomic mass is 79.9. The van der Waals surface area contributed by atoms with Gasteiger partial charge in [-0.15, -0.1) is 0 Å². The van der Waals surface area contributed by atoms with Gasteiger partial charge in [-0.25, -0.2) is 0 Å². The summed E-state index contributed by atoms with van der Waals surface area (Å²) in [5, 5.41) is 0. The molecule has 0 fully saturated rings. The monoisotopic (exact) mass is 204 g/mol. The zero-order valence-electron chi connectivity index (χ0n) is 5.69. The Bertz CT molecular complexity index is 176. The summed E-state index contributed by atoms with van der Waals surface area (Å²) in [5.74, 6) is 0. The second kappa shape index (κ2) is 5.47. The second-order valence-corrected chi connectivity index (χ2v) is 2.71. The third-order valence-electron chi connectivity index (χ3n) is 0.980. The molecule has 1 aromatic rings. The summed E-state index contributed by atoms with van der Waals surface area (Å²) in [5.41, 5.74) is 1.29. The summed E-state index contributed by atoms with van der Waals surface area (Å²) in [4.78, 5) is 0. The van der Waals surface area contributed by atoms with Crippen LogP contribution in [-0.2, 0) is 0 Å². The molecule has 1 rings (SSSR count). The van der Waals surface area contributed by atoms with E-state index in [0.717, 1.165) is 4.47 Å². The van der Waals surface area contributed by atoms with E-state index in [2.05, 4.69) is 35.9 Å². The number of hydrogen-bond acceptors (Lipinski definition) is 0. The maximum Gasteiger partial charge on any atom is 0.139 e. The van der Waals surface area contributed by atoms with E-state index < -0.39 is 0 Å². The van der Waals surface area contributed by atoms with Crippen LogP contribution in [0.4, 0.5) is 0 Å². The van der Waals surface area contributed by atoms with Crippen molar-refractivity contribution in [3.05, 3.63) is 28.7 Å². The Kier molecular flexibility index (Phi) is 6.76. The van der Waals surface area contributed by atoms with Crippen molar-refractivity contribution < 1.29 is 11.0 Å². The third-order valence-corrected chi connectivity index (χ3v) is 1.47. The smallest absolute Gasteiger partial charge is 0.139 e. The van der Waals surface area contributed by atoms with Crippen molar-refractivity contribution in [1.82, 2.24) is 0 Å². The van der Waals surface area contributed by atoms with Gasteiger partial charge in [0.2, 0.25) is 0 Å². The van der Waals surface area contributed by atoms with Crippen molar-refractivity contribution in [2.45, 2.75) is 0 Å². The van der Waals surface area contributed by atoms with E-state index in [-0.39, 0.29) is 11.0 Å². The minimum atomic E-state index is 0. The van der Waals surface area contributed by atoms with Crippen LogP contribution in [0.3, 0.4) is 0 Å². The average molecular weight is 205 g/mol. The fraction of sp³-hybridized carbons (Fsp3) is 0. The van der Waals surface area contributed by atoms with Gasteiger partial charge in [0.05, 0.1) is 0 Å². The highest BCUT2D eigenvalue weighted by Crippen LogP contribution is 2.03.